The minimum atomic E-state index is -0.833. The van der Waals surface area contributed by atoms with Gasteiger partial charge in [-0.05, 0) is 59.5 Å². The van der Waals surface area contributed by atoms with Crippen LogP contribution in [0.4, 0.5) is 0 Å². The van der Waals surface area contributed by atoms with E-state index in [2.05, 4.69) is 19.6 Å². The highest BCUT2D eigenvalue weighted by atomic mass is 32.7. The Bertz CT molecular complexity index is 2010. The second-order valence-corrected chi connectivity index (χ2v) is 18.3. The Balaban J connectivity index is 0.000000795. The van der Waals surface area contributed by atoms with Gasteiger partial charge in [-0.15, -0.1) is 11.4 Å². The number of aliphatic hydroxyl groups is 1. The molecular weight excluding hydrogens is 736 g/mol. The molecule has 1 aliphatic heterocycles. The summed E-state index contributed by atoms with van der Waals surface area (Å²) in [7, 11) is 0.318. The SMILES string of the molecule is CC.CSP(C)C.OC1Cc2c(OCc3ccccc3)cc(OCc3ccccc3)cc2OC1c1ccc(OCc2ccccc2)c(OCc2ccccc2)c1. The van der Waals surface area contributed by atoms with Crippen molar-refractivity contribution in [1.82, 2.24) is 0 Å². The van der Waals surface area contributed by atoms with Crippen LogP contribution in [-0.4, -0.2) is 30.8 Å². The van der Waals surface area contributed by atoms with Gasteiger partial charge in [0, 0.05) is 24.1 Å². The van der Waals surface area contributed by atoms with Crippen molar-refractivity contribution in [1.29, 1.82) is 0 Å². The average molecular weight is 789 g/mol. The van der Waals surface area contributed by atoms with Crippen LogP contribution in [0.3, 0.4) is 0 Å². The van der Waals surface area contributed by atoms with Crippen LogP contribution in [0.5, 0.6) is 28.7 Å². The molecule has 6 nitrogen and oxygen atoms in total. The second kappa shape index (κ2) is 22.6. The van der Waals surface area contributed by atoms with Crippen LogP contribution < -0.4 is 23.7 Å². The molecule has 0 aliphatic carbocycles. The van der Waals surface area contributed by atoms with Crippen molar-refractivity contribution in [3.8, 4) is 28.7 Å². The molecule has 0 aromatic heterocycles. The molecule has 8 heteroatoms. The molecule has 2 atom stereocenters. The van der Waals surface area contributed by atoms with Crippen LogP contribution in [0.15, 0.2) is 152 Å². The maximum Gasteiger partial charge on any atom is 0.162 e. The van der Waals surface area contributed by atoms with E-state index in [1.165, 1.54) is 0 Å². The molecule has 0 amide bonds. The zero-order valence-electron chi connectivity index (χ0n) is 33.0. The van der Waals surface area contributed by atoms with Crippen LogP contribution >= 0.6 is 18.5 Å². The third-order valence-corrected chi connectivity index (χ3v) is 11.7. The fourth-order valence-electron chi connectivity index (χ4n) is 5.82. The van der Waals surface area contributed by atoms with Gasteiger partial charge >= 0.3 is 0 Å². The molecular formula is C48H53O6PS. The van der Waals surface area contributed by atoms with Crippen molar-refractivity contribution in [2.24, 2.45) is 0 Å². The smallest absolute Gasteiger partial charge is 0.162 e. The van der Waals surface area contributed by atoms with Crippen LogP contribution in [0.2, 0.25) is 0 Å². The Labute approximate surface area is 338 Å². The molecule has 0 saturated carbocycles. The second-order valence-electron chi connectivity index (χ2n) is 13.0. The maximum atomic E-state index is 11.5. The minimum Gasteiger partial charge on any atom is -0.489 e. The Morgan fingerprint density at radius 2 is 1.00 bits per heavy atom. The van der Waals surface area contributed by atoms with E-state index in [0.29, 0.717) is 68.7 Å². The van der Waals surface area contributed by atoms with E-state index in [1.54, 1.807) is 0 Å². The summed E-state index contributed by atoms with van der Waals surface area (Å²) in [5.74, 6) is 3.05. The molecule has 0 bridgehead atoms. The third kappa shape index (κ3) is 12.8. The molecule has 0 fully saturated rings. The van der Waals surface area contributed by atoms with Crippen LogP contribution in [0.1, 0.15) is 53.3 Å². The molecule has 292 valence electrons. The number of aliphatic hydroxyl groups excluding tert-OH is 1. The van der Waals surface area contributed by atoms with Crippen molar-refractivity contribution in [2.45, 2.75) is 58.9 Å². The van der Waals surface area contributed by atoms with Gasteiger partial charge in [0.1, 0.15) is 49.8 Å². The van der Waals surface area contributed by atoms with Crippen molar-refractivity contribution < 1.29 is 28.8 Å². The number of benzene rings is 6. The first-order valence-electron chi connectivity index (χ1n) is 19.0. The lowest BCUT2D eigenvalue weighted by Gasteiger charge is -2.32. The fourth-order valence-corrected chi connectivity index (χ4v) is 5.82. The highest BCUT2D eigenvalue weighted by Gasteiger charge is 2.33. The Kier molecular flexibility index (Phi) is 17.0. The van der Waals surface area contributed by atoms with Crippen molar-refractivity contribution in [3.63, 3.8) is 0 Å². The van der Waals surface area contributed by atoms with Crippen LogP contribution in [0.25, 0.3) is 0 Å². The Hall–Kier alpha value is -4.94. The summed E-state index contributed by atoms with van der Waals surface area (Å²) in [6, 6.07) is 49.5. The lowest BCUT2D eigenvalue weighted by Crippen LogP contribution is -2.30. The zero-order valence-corrected chi connectivity index (χ0v) is 34.7. The number of rotatable bonds is 14. The predicted molar refractivity (Wildman–Crippen MR) is 233 cm³/mol. The van der Waals surface area contributed by atoms with Crippen LogP contribution in [-0.2, 0) is 32.8 Å². The van der Waals surface area contributed by atoms with E-state index in [1.807, 2.05) is 177 Å². The first kappa shape index (κ1) is 42.2. The van der Waals surface area contributed by atoms with Gasteiger partial charge in [-0.3, -0.25) is 0 Å². The summed E-state index contributed by atoms with van der Waals surface area (Å²) < 4.78 is 31.7. The van der Waals surface area contributed by atoms with Gasteiger partial charge in [-0.25, -0.2) is 0 Å². The van der Waals surface area contributed by atoms with Gasteiger partial charge in [-0.2, -0.15) is 0 Å². The number of ether oxygens (including phenoxy) is 5. The lowest BCUT2D eigenvalue weighted by molar-refractivity contribution is 0.0192. The van der Waals surface area contributed by atoms with Gasteiger partial charge in [0.05, 0.1) is 6.10 Å². The van der Waals surface area contributed by atoms with Crippen molar-refractivity contribution in [2.75, 3.05) is 19.6 Å². The molecule has 1 heterocycles. The van der Waals surface area contributed by atoms with Gasteiger partial charge < -0.3 is 28.8 Å². The van der Waals surface area contributed by atoms with E-state index in [0.717, 1.165) is 33.4 Å². The Morgan fingerprint density at radius 3 is 1.46 bits per heavy atom. The lowest BCUT2D eigenvalue weighted by atomic mass is 9.93. The molecule has 6 aromatic carbocycles. The molecule has 2 unspecified atom stereocenters. The van der Waals surface area contributed by atoms with E-state index in [9.17, 15) is 5.11 Å². The fraction of sp³-hybridized carbons (Fsp3) is 0.250. The molecule has 0 radical (unpaired) electrons. The number of hydrogen-bond donors (Lipinski definition) is 1. The standard InChI is InChI=1S/C43H38O6.C3H9PS.C2H6/c44-38-26-37-40(47-29-33-17-9-3-10-18-33)24-36(45-27-31-13-5-1-6-14-31)25-41(37)49-43(38)35-21-22-39(46-28-32-15-7-2-8-16-32)42(23-35)48-30-34-19-11-4-12-20-34;1-4(2)5-3;1-2/h1-25,38,43-44H,26-30H2;1-3H3;1-2H3. The maximum absolute atomic E-state index is 11.5. The molecule has 0 spiro atoms. The quantitative estimate of drug-likeness (QED) is 0.110. The topological polar surface area (TPSA) is 66.4 Å². The van der Waals surface area contributed by atoms with E-state index >= 15 is 0 Å². The first-order chi connectivity index (χ1) is 27.4. The van der Waals surface area contributed by atoms with Crippen molar-refractivity contribution in [3.05, 3.63) is 185 Å². The summed E-state index contributed by atoms with van der Waals surface area (Å²) >= 11 is 1.94. The van der Waals surface area contributed by atoms with Gasteiger partial charge in [0.15, 0.2) is 11.5 Å². The highest BCUT2D eigenvalue weighted by Crippen LogP contribution is 2.44. The predicted octanol–water partition coefficient (Wildman–Crippen LogP) is 12.1. The first-order valence-corrected chi connectivity index (χ1v) is 23.1. The van der Waals surface area contributed by atoms with Gasteiger partial charge in [0.25, 0.3) is 0 Å². The van der Waals surface area contributed by atoms with E-state index in [-0.39, 0.29) is 0 Å². The third-order valence-electron chi connectivity index (χ3n) is 8.78. The largest absolute Gasteiger partial charge is 0.489 e. The summed E-state index contributed by atoms with van der Waals surface area (Å²) in [6.07, 6.45) is 1.00. The zero-order chi connectivity index (χ0) is 39.5. The van der Waals surface area contributed by atoms with Gasteiger partial charge in [-0.1, -0.05) is 148 Å². The van der Waals surface area contributed by atoms with Crippen molar-refractivity contribution >= 4 is 18.5 Å². The molecule has 0 saturated heterocycles. The summed E-state index contributed by atoms with van der Waals surface area (Å²) in [5.41, 5.74) is 5.76. The highest BCUT2D eigenvalue weighted by molar-refractivity contribution is 8.55. The molecule has 56 heavy (non-hydrogen) atoms. The van der Waals surface area contributed by atoms with Gasteiger partial charge in [0.2, 0.25) is 0 Å². The summed E-state index contributed by atoms with van der Waals surface area (Å²) in [4.78, 5) is 0. The summed E-state index contributed by atoms with van der Waals surface area (Å²) in [5, 5.41) is 11.5. The molecule has 1 N–H and O–H groups in total. The molecule has 6 aromatic rings. The van der Waals surface area contributed by atoms with E-state index < -0.39 is 12.2 Å². The monoisotopic (exact) mass is 788 g/mol. The van der Waals surface area contributed by atoms with E-state index in [4.69, 9.17) is 23.7 Å². The molecule has 1 aliphatic rings. The van der Waals surface area contributed by atoms with Crippen LogP contribution in [0, 0.1) is 0 Å². The average Bonchev–Trinajstić information content (AvgIpc) is 3.25. The molecule has 7 rings (SSSR count). The number of fused-ring (bicyclic) bond motifs is 1. The minimum absolute atomic E-state index is 0.318. The number of hydrogen-bond acceptors (Lipinski definition) is 7. The summed E-state index contributed by atoms with van der Waals surface area (Å²) in [6.45, 7) is 10.0. The normalized spacial score (nSPS) is 14.1. The Morgan fingerprint density at radius 1 is 0.571 bits per heavy atom.